The molecule has 0 aliphatic rings. The Balaban J connectivity index is 1.71. The third kappa shape index (κ3) is 4.59. The van der Waals surface area contributed by atoms with Crippen molar-refractivity contribution >= 4 is 17.4 Å². The van der Waals surface area contributed by atoms with E-state index in [2.05, 4.69) is 48.6 Å². The number of amides is 2. The average molecular weight is 320 g/mol. The zero-order chi connectivity index (χ0) is 16.1. The van der Waals surface area contributed by atoms with Crippen molar-refractivity contribution in [2.45, 2.75) is 40.8 Å². The highest BCUT2D eigenvalue weighted by molar-refractivity contribution is 7.10. The Hall–Kier alpha value is -1.82. The largest absolute Gasteiger partial charge is 0.338 e. The smallest absolute Gasteiger partial charge is 0.315 e. The lowest BCUT2D eigenvalue weighted by atomic mass is 10.2. The molecule has 2 amide bonds. The average Bonchev–Trinajstić information content (AvgIpc) is 3.00. The summed E-state index contributed by atoms with van der Waals surface area (Å²) < 4.78 is 1.99. The third-order valence-corrected chi connectivity index (χ3v) is 4.60. The van der Waals surface area contributed by atoms with Crippen LogP contribution in [0.2, 0.25) is 0 Å². The lowest BCUT2D eigenvalue weighted by molar-refractivity contribution is 0.238. The van der Waals surface area contributed by atoms with E-state index in [1.54, 1.807) is 11.3 Å². The van der Waals surface area contributed by atoms with Crippen LogP contribution >= 0.6 is 11.3 Å². The number of aryl methyl sites for hydroxylation is 3. The molecule has 0 aliphatic heterocycles. The topological polar surface area (TPSA) is 59.0 Å². The molecule has 2 aromatic rings. The normalized spacial score (nSPS) is 12.2. The van der Waals surface area contributed by atoms with Gasteiger partial charge in [-0.1, -0.05) is 6.92 Å². The molecular formula is C16H24N4OS. The summed E-state index contributed by atoms with van der Waals surface area (Å²) in [7, 11) is 0. The van der Waals surface area contributed by atoms with Gasteiger partial charge < -0.3 is 10.6 Å². The molecule has 0 saturated heterocycles. The van der Waals surface area contributed by atoms with Gasteiger partial charge in [0.1, 0.15) is 0 Å². The van der Waals surface area contributed by atoms with Gasteiger partial charge in [-0.05, 0) is 49.8 Å². The number of nitrogens with one attached hydrogen (secondary N) is 2. The van der Waals surface area contributed by atoms with Gasteiger partial charge in [-0.15, -0.1) is 11.3 Å². The zero-order valence-electron chi connectivity index (χ0n) is 13.6. The number of rotatable bonds is 6. The second-order valence-corrected chi connectivity index (χ2v) is 6.81. The molecule has 6 heteroatoms. The quantitative estimate of drug-likeness (QED) is 0.859. The van der Waals surface area contributed by atoms with Gasteiger partial charge >= 0.3 is 6.03 Å². The number of nitrogens with zero attached hydrogens (tertiary/aromatic N) is 2. The second-order valence-electron chi connectivity index (χ2n) is 5.80. The Kier molecular flexibility index (Phi) is 5.60. The monoisotopic (exact) mass is 320 g/mol. The Morgan fingerprint density at radius 2 is 2.14 bits per heavy atom. The van der Waals surface area contributed by atoms with Crippen molar-refractivity contribution in [2.75, 3.05) is 6.54 Å². The second kappa shape index (κ2) is 7.45. The van der Waals surface area contributed by atoms with Crippen LogP contribution in [0.1, 0.15) is 28.8 Å². The molecule has 2 aromatic heterocycles. The predicted molar refractivity (Wildman–Crippen MR) is 90.2 cm³/mol. The molecule has 120 valence electrons. The molecule has 22 heavy (non-hydrogen) atoms. The molecule has 5 nitrogen and oxygen atoms in total. The maximum absolute atomic E-state index is 11.8. The van der Waals surface area contributed by atoms with E-state index in [1.807, 2.05) is 17.0 Å². The van der Waals surface area contributed by atoms with Gasteiger partial charge in [0.25, 0.3) is 0 Å². The van der Waals surface area contributed by atoms with Gasteiger partial charge in [-0.2, -0.15) is 5.10 Å². The molecule has 1 atom stereocenters. The Labute approximate surface area is 135 Å². The molecule has 0 bridgehead atoms. The van der Waals surface area contributed by atoms with E-state index >= 15 is 0 Å². The molecule has 0 saturated carbocycles. The van der Waals surface area contributed by atoms with Gasteiger partial charge in [0.05, 0.1) is 12.2 Å². The number of carbonyl (C=O) groups is 1. The van der Waals surface area contributed by atoms with Crippen LogP contribution < -0.4 is 10.6 Å². The SMILES string of the molecule is Cc1cc(C)n(C[C@H](C)CNC(=O)NCc2sccc2C)n1. The van der Waals surface area contributed by atoms with Crippen LogP contribution in [0.15, 0.2) is 17.5 Å². The van der Waals surface area contributed by atoms with Crippen molar-refractivity contribution in [2.24, 2.45) is 5.92 Å². The van der Waals surface area contributed by atoms with E-state index in [1.165, 1.54) is 10.4 Å². The van der Waals surface area contributed by atoms with Crippen LogP contribution in [0.4, 0.5) is 4.79 Å². The molecule has 2 heterocycles. The standard InChI is InChI=1S/C16H24N4OS/c1-11(10-20-14(4)7-13(3)19-20)8-17-16(21)18-9-15-12(2)5-6-22-15/h5-7,11H,8-10H2,1-4H3,(H2,17,18,21)/t11-/m1/s1. The van der Waals surface area contributed by atoms with Crippen molar-refractivity contribution in [3.05, 3.63) is 39.3 Å². The maximum atomic E-state index is 11.8. The van der Waals surface area contributed by atoms with Gasteiger partial charge in [-0.25, -0.2) is 4.79 Å². The number of thiophene rings is 1. The first kappa shape index (κ1) is 16.5. The number of hydrogen-bond acceptors (Lipinski definition) is 3. The number of hydrogen-bond donors (Lipinski definition) is 2. The van der Waals surface area contributed by atoms with Gasteiger partial charge in [0.15, 0.2) is 0 Å². The van der Waals surface area contributed by atoms with Crippen LogP contribution in [-0.2, 0) is 13.1 Å². The van der Waals surface area contributed by atoms with E-state index in [0.717, 1.165) is 17.9 Å². The maximum Gasteiger partial charge on any atom is 0.315 e. The lowest BCUT2D eigenvalue weighted by Gasteiger charge is -2.14. The van der Waals surface area contributed by atoms with Crippen LogP contribution in [-0.4, -0.2) is 22.4 Å². The first-order valence-electron chi connectivity index (χ1n) is 7.51. The Morgan fingerprint density at radius 3 is 2.73 bits per heavy atom. The van der Waals surface area contributed by atoms with Crippen molar-refractivity contribution in [3.63, 3.8) is 0 Å². The predicted octanol–water partition coefficient (Wildman–Crippen LogP) is 3.01. The fraction of sp³-hybridized carbons (Fsp3) is 0.500. The van der Waals surface area contributed by atoms with Crippen molar-refractivity contribution in [1.82, 2.24) is 20.4 Å². The summed E-state index contributed by atoms with van der Waals surface area (Å²) in [5.41, 5.74) is 3.41. The molecule has 2 rings (SSSR count). The van der Waals surface area contributed by atoms with E-state index in [-0.39, 0.29) is 6.03 Å². The fourth-order valence-corrected chi connectivity index (χ4v) is 3.14. The highest BCUT2D eigenvalue weighted by Gasteiger charge is 2.09. The van der Waals surface area contributed by atoms with Crippen LogP contribution in [0, 0.1) is 26.7 Å². The van der Waals surface area contributed by atoms with E-state index in [9.17, 15) is 4.79 Å². The van der Waals surface area contributed by atoms with Gasteiger partial charge in [0.2, 0.25) is 0 Å². The molecule has 2 N–H and O–H groups in total. The van der Waals surface area contributed by atoms with E-state index < -0.39 is 0 Å². The molecule has 0 spiro atoms. The van der Waals surface area contributed by atoms with Crippen LogP contribution in [0.5, 0.6) is 0 Å². The van der Waals surface area contributed by atoms with Crippen molar-refractivity contribution in [1.29, 1.82) is 0 Å². The Bertz CT molecular complexity index is 632. The lowest BCUT2D eigenvalue weighted by Crippen LogP contribution is -2.38. The van der Waals surface area contributed by atoms with E-state index in [0.29, 0.717) is 19.0 Å². The van der Waals surface area contributed by atoms with Gasteiger partial charge in [-0.3, -0.25) is 4.68 Å². The highest BCUT2D eigenvalue weighted by atomic mass is 32.1. The molecule has 0 fully saturated rings. The molecular weight excluding hydrogens is 296 g/mol. The fourth-order valence-electron chi connectivity index (χ4n) is 2.29. The van der Waals surface area contributed by atoms with Crippen molar-refractivity contribution < 1.29 is 4.79 Å². The minimum absolute atomic E-state index is 0.118. The Morgan fingerprint density at radius 1 is 1.36 bits per heavy atom. The molecule has 0 radical (unpaired) electrons. The molecule has 0 unspecified atom stereocenters. The first-order chi connectivity index (χ1) is 10.5. The number of urea groups is 1. The van der Waals surface area contributed by atoms with Crippen LogP contribution in [0.3, 0.4) is 0 Å². The first-order valence-corrected chi connectivity index (χ1v) is 8.39. The molecule has 0 aliphatic carbocycles. The summed E-state index contributed by atoms with van der Waals surface area (Å²) in [4.78, 5) is 13.0. The minimum Gasteiger partial charge on any atom is -0.338 e. The van der Waals surface area contributed by atoms with Gasteiger partial charge in [0, 0.05) is 23.7 Å². The highest BCUT2D eigenvalue weighted by Crippen LogP contribution is 2.14. The summed E-state index contributed by atoms with van der Waals surface area (Å²) in [5.74, 6) is 0.326. The summed E-state index contributed by atoms with van der Waals surface area (Å²) in [6, 6.07) is 4.01. The van der Waals surface area contributed by atoms with E-state index in [4.69, 9.17) is 0 Å². The molecule has 0 aromatic carbocycles. The summed E-state index contributed by atoms with van der Waals surface area (Å²) in [6.07, 6.45) is 0. The summed E-state index contributed by atoms with van der Waals surface area (Å²) in [6.45, 7) is 10.2. The number of carbonyl (C=O) groups excluding carboxylic acids is 1. The van der Waals surface area contributed by atoms with Crippen LogP contribution in [0.25, 0.3) is 0 Å². The summed E-state index contributed by atoms with van der Waals surface area (Å²) >= 11 is 1.67. The minimum atomic E-state index is -0.118. The van der Waals surface area contributed by atoms with Crippen molar-refractivity contribution in [3.8, 4) is 0 Å². The summed E-state index contributed by atoms with van der Waals surface area (Å²) in [5, 5.41) is 12.3. The number of aromatic nitrogens is 2. The zero-order valence-corrected chi connectivity index (χ0v) is 14.5. The third-order valence-electron chi connectivity index (χ3n) is 3.58.